The summed E-state index contributed by atoms with van der Waals surface area (Å²) in [5, 5.41) is 2.97. The van der Waals surface area contributed by atoms with Gasteiger partial charge in [-0.15, -0.1) is 0 Å². The van der Waals surface area contributed by atoms with Crippen LogP contribution in [0.2, 0.25) is 0 Å². The monoisotopic (exact) mass is 311 g/mol. The van der Waals surface area contributed by atoms with Crippen molar-refractivity contribution in [2.45, 2.75) is 25.4 Å². The molecular weight excluding hydrogens is 286 g/mol. The van der Waals surface area contributed by atoms with Crippen LogP contribution in [0.15, 0.2) is 60.7 Å². The summed E-state index contributed by atoms with van der Waals surface area (Å²) >= 11 is 0. The number of benzene rings is 2. The number of likely N-dealkylation sites (N-methyl/N-ethyl adjacent to an activating group) is 1. The molecule has 0 heterocycles. The first-order valence-corrected chi connectivity index (χ1v) is 7.83. The van der Waals surface area contributed by atoms with E-state index in [9.17, 15) is 4.79 Å². The van der Waals surface area contributed by atoms with Gasteiger partial charge in [-0.3, -0.25) is 4.79 Å². The van der Waals surface area contributed by atoms with E-state index >= 15 is 0 Å². The van der Waals surface area contributed by atoms with Crippen LogP contribution in [0.1, 0.15) is 19.4 Å². The molecule has 23 heavy (non-hydrogen) atoms. The fourth-order valence-electron chi connectivity index (χ4n) is 2.39. The van der Waals surface area contributed by atoms with Gasteiger partial charge in [0.25, 0.3) is 0 Å². The zero-order valence-corrected chi connectivity index (χ0v) is 14.0. The fraction of sp³-hybridized carbons (Fsp3) is 0.316. The van der Waals surface area contributed by atoms with E-state index in [-0.39, 0.29) is 11.9 Å². The fourth-order valence-corrected chi connectivity index (χ4v) is 2.39. The van der Waals surface area contributed by atoms with Crippen molar-refractivity contribution in [3.8, 4) is 0 Å². The molecule has 1 amide bonds. The number of nitrogens with two attached hydrogens (primary N) is 1. The number of hydrogen-bond donors (Lipinski definition) is 2. The van der Waals surface area contributed by atoms with Crippen molar-refractivity contribution in [1.82, 2.24) is 5.32 Å². The van der Waals surface area contributed by atoms with Gasteiger partial charge in [-0.1, -0.05) is 48.5 Å². The van der Waals surface area contributed by atoms with Gasteiger partial charge in [-0.2, -0.15) is 0 Å². The molecule has 2 unspecified atom stereocenters. The lowest BCUT2D eigenvalue weighted by Gasteiger charge is -2.29. The summed E-state index contributed by atoms with van der Waals surface area (Å²) in [5.41, 5.74) is 7.12. The summed E-state index contributed by atoms with van der Waals surface area (Å²) in [6.45, 7) is 4.34. The van der Waals surface area contributed by atoms with Gasteiger partial charge in [0.15, 0.2) is 0 Å². The Bertz CT molecular complexity index is 626. The third-order valence-corrected chi connectivity index (χ3v) is 4.23. The van der Waals surface area contributed by atoms with Crippen molar-refractivity contribution in [1.29, 1.82) is 0 Å². The van der Waals surface area contributed by atoms with Crippen LogP contribution in [0.25, 0.3) is 0 Å². The van der Waals surface area contributed by atoms with Crippen LogP contribution in [-0.2, 0) is 10.3 Å². The first kappa shape index (κ1) is 17.0. The van der Waals surface area contributed by atoms with E-state index in [1.54, 1.807) is 6.92 Å². The highest BCUT2D eigenvalue weighted by Crippen LogP contribution is 2.18. The first-order valence-electron chi connectivity index (χ1n) is 7.83. The van der Waals surface area contributed by atoms with Gasteiger partial charge < -0.3 is 16.0 Å². The number of nitrogens with zero attached hydrogens (tertiary/aromatic N) is 1. The zero-order valence-electron chi connectivity index (χ0n) is 14.0. The summed E-state index contributed by atoms with van der Waals surface area (Å²) in [5.74, 6) is -0.169. The van der Waals surface area contributed by atoms with E-state index in [0.717, 1.165) is 11.3 Å². The second-order valence-electron chi connectivity index (χ2n) is 6.07. The number of amides is 1. The maximum absolute atomic E-state index is 12.5. The standard InChI is InChI=1S/C19H25N3O/c1-15(22(3)17-12-8-5-9-13-17)14-21-18(23)19(2,20)16-10-6-4-7-11-16/h4-13,15H,14,20H2,1-3H3,(H,21,23). The zero-order chi connectivity index (χ0) is 16.9. The van der Waals surface area contributed by atoms with E-state index in [1.807, 2.05) is 55.6 Å². The summed E-state index contributed by atoms with van der Waals surface area (Å²) < 4.78 is 0. The molecule has 4 heteroatoms. The molecule has 0 radical (unpaired) electrons. The summed E-state index contributed by atoms with van der Waals surface area (Å²) in [7, 11) is 2.02. The number of rotatable bonds is 6. The van der Waals surface area contributed by atoms with Gasteiger partial charge in [0.2, 0.25) is 5.91 Å². The lowest BCUT2D eigenvalue weighted by Crippen LogP contribution is -2.51. The number of para-hydroxylation sites is 1. The number of carbonyl (C=O) groups is 1. The molecule has 0 aliphatic rings. The SMILES string of the molecule is CC(CNC(=O)C(C)(N)c1ccccc1)N(C)c1ccccc1. The summed E-state index contributed by atoms with van der Waals surface area (Å²) in [6, 6.07) is 19.7. The van der Waals surface area contributed by atoms with Crippen molar-refractivity contribution in [2.24, 2.45) is 5.73 Å². The maximum Gasteiger partial charge on any atom is 0.244 e. The van der Waals surface area contributed by atoms with Gasteiger partial charge >= 0.3 is 0 Å². The Labute approximate surface area is 138 Å². The van der Waals surface area contributed by atoms with Gasteiger partial charge in [0.05, 0.1) is 0 Å². The molecule has 0 fully saturated rings. The molecule has 2 atom stereocenters. The molecule has 2 aromatic rings. The van der Waals surface area contributed by atoms with Gasteiger partial charge in [-0.25, -0.2) is 0 Å². The minimum absolute atomic E-state index is 0.160. The van der Waals surface area contributed by atoms with Crippen molar-refractivity contribution in [3.05, 3.63) is 66.2 Å². The van der Waals surface area contributed by atoms with E-state index in [2.05, 4.69) is 29.3 Å². The second-order valence-corrected chi connectivity index (χ2v) is 6.07. The third kappa shape index (κ3) is 4.11. The van der Waals surface area contributed by atoms with Gasteiger partial charge in [-0.05, 0) is 31.5 Å². The Morgan fingerprint density at radius 2 is 1.65 bits per heavy atom. The molecule has 2 aromatic carbocycles. The van der Waals surface area contributed by atoms with Crippen LogP contribution >= 0.6 is 0 Å². The van der Waals surface area contributed by atoms with E-state index in [4.69, 9.17) is 5.73 Å². The molecule has 122 valence electrons. The van der Waals surface area contributed by atoms with Crippen molar-refractivity contribution >= 4 is 11.6 Å². The van der Waals surface area contributed by atoms with Crippen LogP contribution in [0.4, 0.5) is 5.69 Å². The van der Waals surface area contributed by atoms with Crippen LogP contribution in [-0.4, -0.2) is 25.5 Å². The molecule has 4 nitrogen and oxygen atoms in total. The lowest BCUT2D eigenvalue weighted by atomic mass is 9.92. The average molecular weight is 311 g/mol. The average Bonchev–Trinajstić information content (AvgIpc) is 2.60. The normalized spacial score (nSPS) is 14.6. The molecule has 0 saturated heterocycles. The Kier molecular flexibility index (Phi) is 5.40. The molecule has 0 bridgehead atoms. The molecule has 2 rings (SSSR count). The highest BCUT2D eigenvalue weighted by Gasteiger charge is 2.30. The van der Waals surface area contributed by atoms with Crippen molar-refractivity contribution in [3.63, 3.8) is 0 Å². The number of anilines is 1. The lowest BCUT2D eigenvalue weighted by molar-refractivity contribution is -0.126. The number of hydrogen-bond acceptors (Lipinski definition) is 3. The molecule has 3 N–H and O–H groups in total. The highest BCUT2D eigenvalue weighted by atomic mass is 16.2. The molecular formula is C19H25N3O. The Morgan fingerprint density at radius 3 is 2.22 bits per heavy atom. The highest BCUT2D eigenvalue weighted by molar-refractivity contribution is 5.87. The molecule has 0 spiro atoms. The van der Waals surface area contributed by atoms with Gasteiger partial charge in [0.1, 0.15) is 5.54 Å². The van der Waals surface area contributed by atoms with Crippen LogP contribution < -0.4 is 16.0 Å². The maximum atomic E-state index is 12.5. The van der Waals surface area contributed by atoms with E-state index < -0.39 is 5.54 Å². The Balaban J connectivity index is 1.96. The molecule has 0 saturated carbocycles. The number of carbonyl (C=O) groups excluding carboxylic acids is 1. The topological polar surface area (TPSA) is 58.4 Å². The van der Waals surface area contributed by atoms with Crippen LogP contribution in [0, 0.1) is 0 Å². The predicted octanol–water partition coefficient (Wildman–Crippen LogP) is 2.50. The molecule has 0 aromatic heterocycles. The number of nitrogens with one attached hydrogen (secondary N) is 1. The minimum Gasteiger partial charge on any atom is -0.370 e. The molecule has 0 aliphatic carbocycles. The van der Waals surface area contributed by atoms with Crippen LogP contribution in [0.5, 0.6) is 0 Å². The van der Waals surface area contributed by atoms with Crippen molar-refractivity contribution in [2.75, 3.05) is 18.5 Å². The van der Waals surface area contributed by atoms with Gasteiger partial charge in [0, 0.05) is 25.3 Å². The first-order chi connectivity index (χ1) is 10.9. The summed E-state index contributed by atoms with van der Waals surface area (Å²) in [4.78, 5) is 14.6. The smallest absolute Gasteiger partial charge is 0.244 e. The summed E-state index contributed by atoms with van der Waals surface area (Å²) in [6.07, 6.45) is 0. The van der Waals surface area contributed by atoms with E-state index in [0.29, 0.717) is 6.54 Å². The molecule has 0 aliphatic heterocycles. The quantitative estimate of drug-likeness (QED) is 0.862. The Hall–Kier alpha value is -2.33. The Morgan fingerprint density at radius 1 is 1.13 bits per heavy atom. The minimum atomic E-state index is -1.04. The van der Waals surface area contributed by atoms with E-state index in [1.165, 1.54) is 0 Å². The second kappa shape index (κ2) is 7.29. The van der Waals surface area contributed by atoms with Crippen LogP contribution in [0.3, 0.4) is 0 Å². The van der Waals surface area contributed by atoms with Crippen molar-refractivity contribution < 1.29 is 4.79 Å². The predicted molar refractivity (Wildman–Crippen MR) is 95.3 cm³/mol. The largest absolute Gasteiger partial charge is 0.370 e. The third-order valence-electron chi connectivity index (χ3n) is 4.23.